The van der Waals surface area contributed by atoms with Crippen molar-refractivity contribution < 1.29 is 4.79 Å². The van der Waals surface area contributed by atoms with Crippen molar-refractivity contribution in [1.82, 2.24) is 10.3 Å². The number of carbonyl (C=O) groups is 1. The summed E-state index contributed by atoms with van der Waals surface area (Å²) >= 11 is 0. The maximum Gasteiger partial charge on any atom is 0.224 e. The van der Waals surface area contributed by atoms with Crippen molar-refractivity contribution >= 4 is 16.8 Å². The number of nitrogens with one attached hydrogen (secondary N) is 2. The molecule has 1 aliphatic rings. The first-order valence-electron chi connectivity index (χ1n) is 9.46. The molecule has 0 saturated heterocycles. The van der Waals surface area contributed by atoms with Crippen LogP contribution in [0, 0.1) is 20.8 Å². The minimum Gasteiger partial charge on any atom is -0.358 e. The highest BCUT2D eigenvalue weighted by molar-refractivity contribution is 5.89. The van der Waals surface area contributed by atoms with Gasteiger partial charge in [-0.05, 0) is 73.9 Å². The van der Waals surface area contributed by atoms with Crippen LogP contribution < -0.4 is 5.32 Å². The number of H-pyrrole nitrogens is 1. The van der Waals surface area contributed by atoms with Gasteiger partial charge in [0.2, 0.25) is 5.91 Å². The van der Waals surface area contributed by atoms with Gasteiger partial charge in [0.05, 0.1) is 6.42 Å². The molecule has 134 valence electrons. The fourth-order valence-electron chi connectivity index (χ4n) is 4.34. The predicted molar refractivity (Wildman–Crippen MR) is 107 cm³/mol. The van der Waals surface area contributed by atoms with Crippen molar-refractivity contribution in [1.29, 1.82) is 0 Å². The predicted octanol–water partition coefficient (Wildman–Crippen LogP) is 4.31. The number of rotatable bonds is 3. The Morgan fingerprint density at radius 2 is 1.96 bits per heavy atom. The van der Waals surface area contributed by atoms with Crippen molar-refractivity contribution in [3.8, 4) is 0 Å². The van der Waals surface area contributed by atoms with Crippen molar-refractivity contribution in [2.75, 3.05) is 0 Å². The van der Waals surface area contributed by atoms with E-state index in [1.165, 1.54) is 38.9 Å². The molecule has 3 heteroatoms. The Morgan fingerprint density at radius 3 is 2.77 bits per heavy atom. The van der Waals surface area contributed by atoms with Gasteiger partial charge in [-0.15, -0.1) is 0 Å². The molecule has 0 spiro atoms. The van der Waals surface area contributed by atoms with Gasteiger partial charge < -0.3 is 10.3 Å². The molecule has 1 heterocycles. The Balaban J connectivity index is 1.51. The smallest absolute Gasteiger partial charge is 0.224 e. The zero-order valence-electron chi connectivity index (χ0n) is 15.8. The van der Waals surface area contributed by atoms with E-state index in [1.807, 2.05) is 18.2 Å². The topological polar surface area (TPSA) is 44.9 Å². The first-order valence-corrected chi connectivity index (χ1v) is 9.46. The summed E-state index contributed by atoms with van der Waals surface area (Å²) in [4.78, 5) is 16.1. The van der Waals surface area contributed by atoms with Crippen LogP contribution in [0.3, 0.4) is 0 Å². The lowest BCUT2D eigenvalue weighted by molar-refractivity contribution is -0.121. The monoisotopic (exact) mass is 346 g/mol. The van der Waals surface area contributed by atoms with Crippen LogP contribution in [0.25, 0.3) is 10.9 Å². The molecule has 1 aromatic heterocycles. The summed E-state index contributed by atoms with van der Waals surface area (Å²) in [5.74, 6) is 0.125. The number of aromatic amines is 1. The van der Waals surface area contributed by atoms with Crippen molar-refractivity contribution in [2.45, 2.75) is 52.5 Å². The van der Waals surface area contributed by atoms with Gasteiger partial charge in [-0.3, -0.25) is 4.79 Å². The molecule has 2 N–H and O–H groups in total. The van der Waals surface area contributed by atoms with Gasteiger partial charge in [0, 0.05) is 22.6 Å². The van der Waals surface area contributed by atoms with E-state index in [4.69, 9.17) is 0 Å². The van der Waals surface area contributed by atoms with Crippen LogP contribution in [-0.4, -0.2) is 16.9 Å². The van der Waals surface area contributed by atoms with E-state index in [0.717, 1.165) is 24.8 Å². The molecule has 0 bridgehead atoms. The van der Waals surface area contributed by atoms with E-state index in [0.29, 0.717) is 6.42 Å². The number of hydrogen-bond acceptors (Lipinski definition) is 1. The lowest BCUT2D eigenvalue weighted by Gasteiger charge is -2.24. The third kappa shape index (κ3) is 3.14. The van der Waals surface area contributed by atoms with Gasteiger partial charge >= 0.3 is 0 Å². The molecule has 0 fully saturated rings. The number of carbonyl (C=O) groups excluding carboxylic acids is 1. The second-order valence-electron chi connectivity index (χ2n) is 7.70. The molecule has 1 unspecified atom stereocenters. The summed E-state index contributed by atoms with van der Waals surface area (Å²) in [6.45, 7) is 6.39. The van der Waals surface area contributed by atoms with Crippen LogP contribution in [0.4, 0.5) is 0 Å². The van der Waals surface area contributed by atoms with Crippen LogP contribution in [0.1, 0.15) is 39.9 Å². The van der Waals surface area contributed by atoms with Crippen LogP contribution in [0.5, 0.6) is 0 Å². The van der Waals surface area contributed by atoms with Crippen LogP contribution in [-0.2, 0) is 24.1 Å². The molecule has 1 atom stereocenters. The first kappa shape index (κ1) is 16.9. The summed E-state index contributed by atoms with van der Waals surface area (Å²) in [7, 11) is 0. The Morgan fingerprint density at radius 1 is 1.15 bits per heavy atom. The third-order valence-corrected chi connectivity index (χ3v) is 5.60. The molecule has 1 aliphatic carbocycles. The van der Waals surface area contributed by atoms with E-state index >= 15 is 0 Å². The van der Waals surface area contributed by atoms with E-state index in [2.05, 4.69) is 49.3 Å². The van der Waals surface area contributed by atoms with E-state index in [9.17, 15) is 4.79 Å². The molecular formula is C23H26N2O. The van der Waals surface area contributed by atoms with Crippen LogP contribution in [0.2, 0.25) is 0 Å². The summed E-state index contributed by atoms with van der Waals surface area (Å²) in [5, 5.41) is 4.62. The largest absolute Gasteiger partial charge is 0.358 e. The van der Waals surface area contributed by atoms with Crippen molar-refractivity contribution in [2.24, 2.45) is 0 Å². The molecule has 2 aromatic carbocycles. The van der Waals surface area contributed by atoms with Gasteiger partial charge in [-0.25, -0.2) is 0 Å². The lowest BCUT2D eigenvalue weighted by Crippen LogP contribution is -2.39. The quantitative estimate of drug-likeness (QED) is 0.729. The highest BCUT2D eigenvalue weighted by Crippen LogP contribution is 2.32. The maximum absolute atomic E-state index is 12.5. The Labute approximate surface area is 154 Å². The fraction of sp³-hybridized carbons (Fsp3) is 0.348. The van der Waals surface area contributed by atoms with Gasteiger partial charge in [-0.1, -0.05) is 30.3 Å². The second kappa shape index (κ2) is 6.64. The van der Waals surface area contributed by atoms with Gasteiger partial charge in [0.25, 0.3) is 0 Å². The highest BCUT2D eigenvalue weighted by atomic mass is 16.1. The highest BCUT2D eigenvalue weighted by Gasteiger charge is 2.24. The Kier molecular flexibility index (Phi) is 4.31. The molecular weight excluding hydrogens is 320 g/mol. The second-order valence-corrected chi connectivity index (χ2v) is 7.70. The van der Waals surface area contributed by atoms with Gasteiger partial charge in [-0.2, -0.15) is 0 Å². The number of aryl methyl sites for hydroxylation is 4. The van der Waals surface area contributed by atoms with Gasteiger partial charge in [0.15, 0.2) is 0 Å². The summed E-state index contributed by atoms with van der Waals surface area (Å²) in [5.41, 5.74) is 8.87. The molecule has 1 amide bonds. The molecule has 4 rings (SSSR count). The molecule has 3 aromatic rings. The summed E-state index contributed by atoms with van der Waals surface area (Å²) in [6, 6.07) is 12.8. The SMILES string of the molecule is Cc1cc(C)c2c3c([nH]c2c1)CCC(NC(=O)Cc1ccccc1C)C3. The van der Waals surface area contributed by atoms with Crippen LogP contribution >= 0.6 is 0 Å². The average molecular weight is 346 g/mol. The van der Waals surface area contributed by atoms with Crippen molar-refractivity contribution in [3.05, 3.63) is 69.9 Å². The fourth-order valence-corrected chi connectivity index (χ4v) is 4.34. The zero-order chi connectivity index (χ0) is 18.3. The number of fused-ring (bicyclic) bond motifs is 3. The normalized spacial score (nSPS) is 16.5. The molecule has 26 heavy (non-hydrogen) atoms. The minimum absolute atomic E-state index is 0.125. The molecule has 0 radical (unpaired) electrons. The van der Waals surface area contributed by atoms with E-state index in [-0.39, 0.29) is 11.9 Å². The molecule has 3 nitrogen and oxygen atoms in total. The number of benzene rings is 2. The standard InChI is InChI=1S/C23H26N2O/c1-14-10-16(3)23-19-13-18(8-9-20(19)25-21(23)11-14)24-22(26)12-17-7-5-4-6-15(17)2/h4-7,10-11,18,25H,8-9,12-13H2,1-3H3,(H,24,26). The number of hydrogen-bond donors (Lipinski definition) is 2. The summed E-state index contributed by atoms with van der Waals surface area (Å²) < 4.78 is 0. The minimum atomic E-state index is 0.125. The Bertz CT molecular complexity index is 983. The lowest BCUT2D eigenvalue weighted by atomic mass is 9.90. The maximum atomic E-state index is 12.5. The molecule has 0 aliphatic heterocycles. The zero-order valence-corrected chi connectivity index (χ0v) is 15.8. The van der Waals surface area contributed by atoms with Crippen molar-refractivity contribution in [3.63, 3.8) is 0 Å². The van der Waals surface area contributed by atoms with E-state index in [1.54, 1.807) is 0 Å². The van der Waals surface area contributed by atoms with Crippen LogP contribution in [0.15, 0.2) is 36.4 Å². The number of aromatic nitrogens is 1. The number of amides is 1. The van der Waals surface area contributed by atoms with E-state index < -0.39 is 0 Å². The third-order valence-electron chi connectivity index (χ3n) is 5.60. The summed E-state index contributed by atoms with van der Waals surface area (Å²) in [6.07, 6.45) is 3.37. The Hall–Kier alpha value is -2.55. The average Bonchev–Trinajstić information content (AvgIpc) is 2.94. The first-order chi connectivity index (χ1) is 12.5. The van der Waals surface area contributed by atoms with Gasteiger partial charge in [0.1, 0.15) is 0 Å². The molecule has 0 saturated carbocycles.